The van der Waals surface area contributed by atoms with Crippen molar-refractivity contribution in [3.8, 4) is 0 Å². The molecule has 0 radical (unpaired) electrons. The summed E-state index contributed by atoms with van der Waals surface area (Å²) >= 11 is 0. The maximum atomic E-state index is 15.3. The van der Waals surface area contributed by atoms with Gasteiger partial charge in [-0.1, -0.05) is 36.8 Å². The molecule has 3 unspecified atom stereocenters. The van der Waals surface area contributed by atoms with Crippen LogP contribution in [-0.2, 0) is 16.1 Å². The Morgan fingerprint density at radius 1 is 0.957 bits per heavy atom. The van der Waals surface area contributed by atoms with Crippen LogP contribution in [0.5, 0.6) is 0 Å². The predicted molar refractivity (Wildman–Crippen MR) is 166 cm³/mol. The lowest BCUT2D eigenvalue weighted by molar-refractivity contribution is -0.364. The number of allylic oxidation sites excluding steroid dienone is 1. The first-order chi connectivity index (χ1) is 21.8. The second kappa shape index (κ2) is 11.8. The second-order valence-electron chi connectivity index (χ2n) is 15.9. The van der Waals surface area contributed by atoms with Gasteiger partial charge in [0.2, 0.25) is 0 Å². The van der Waals surface area contributed by atoms with Crippen molar-refractivity contribution >= 4 is 11.9 Å². The standard InChI is InChI=1S/C36H47F5N2O4/c1-32(2,3)47-31(45)43-17-15-42(16-18-43)21-22-5-7-23(8-6-22)28-20-33(4)29(13-14-34(33,46)35(37,38)36(39,40)41)27-11-9-24-19-25(44)10-12-26(24)30(27)28/h5-8,19,26-30,46H,9-18,20-21H2,1-4H3/t26-,27?,28+,29?,30?,33-,34-/m0/s1. The van der Waals surface area contributed by atoms with Crippen molar-refractivity contribution in [1.82, 2.24) is 9.80 Å². The number of carbonyl (C=O) groups excluding carboxylic acids is 2. The molecule has 11 heteroatoms. The number of ketones is 1. The van der Waals surface area contributed by atoms with Crippen molar-refractivity contribution in [2.24, 2.45) is 29.1 Å². The Bertz CT molecular complexity index is 1400. The van der Waals surface area contributed by atoms with E-state index >= 15 is 8.78 Å². The molecule has 260 valence electrons. The molecular formula is C36H47F5N2O4. The third-order valence-electron chi connectivity index (χ3n) is 12.2. The lowest BCUT2D eigenvalue weighted by Crippen LogP contribution is -2.66. The van der Waals surface area contributed by atoms with Crippen molar-refractivity contribution in [3.63, 3.8) is 0 Å². The zero-order valence-corrected chi connectivity index (χ0v) is 27.7. The Balaban J connectivity index is 1.25. The van der Waals surface area contributed by atoms with Crippen molar-refractivity contribution in [2.75, 3.05) is 26.2 Å². The van der Waals surface area contributed by atoms with E-state index in [2.05, 4.69) is 4.90 Å². The van der Waals surface area contributed by atoms with Gasteiger partial charge in [-0.05, 0) is 106 Å². The molecule has 0 aromatic heterocycles. The number of nitrogens with zero attached hydrogens (tertiary/aromatic N) is 2. The number of alkyl halides is 5. The summed E-state index contributed by atoms with van der Waals surface area (Å²) in [5, 5.41) is 11.5. The summed E-state index contributed by atoms with van der Waals surface area (Å²) in [5.41, 5.74) is -2.42. The van der Waals surface area contributed by atoms with Gasteiger partial charge in [0.1, 0.15) is 11.2 Å². The number of amides is 1. The van der Waals surface area contributed by atoms with E-state index in [4.69, 9.17) is 4.74 Å². The molecule has 3 saturated carbocycles. The number of halogens is 5. The molecule has 0 spiro atoms. The predicted octanol–water partition coefficient (Wildman–Crippen LogP) is 7.50. The van der Waals surface area contributed by atoms with Crippen LogP contribution < -0.4 is 0 Å². The van der Waals surface area contributed by atoms with Crippen molar-refractivity contribution in [1.29, 1.82) is 0 Å². The van der Waals surface area contributed by atoms with Crippen LogP contribution in [0.15, 0.2) is 35.9 Å². The monoisotopic (exact) mass is 666 g/mol. The third kappa shape index (κ3) is 5.91. The highest BCUT2D eigenvalue weighted by Crippen LogP contribution is 2.71. The summed E-state index contributed by atoms with van der Waals surface area (Å²) in [7, 11) is 0. The molecule has 1 N–H and O–H groups in total. The fourth-order valence-corrected chi connectivity index (χ4v) is 9.95. The van der Waals surface area contributed by atoms with Crippen LogP contribution in [-0.4, -0.2) is 76.3 Å². The van der Waals surface area contributed by atoms with E-state index in [0.717, 1.165) is 16.7 Å². The summed E-state index contributed by atoms with van der Waals surface area (Å²) in [5.74, 6) is -6.04. The topological polar surface area (TPSA) is 70.1 Å². The molecule has 5 aliphatic rings. The average Bonchev–Trinajstić information content (AvgIpc) is 3.27. The van der Waals surface area contributed by atoms with Crippen LogP contribution in [0.2, 0.25) is 0 Å². The van der Waals surface area contributed by atoms with Crippen LogP contribution in [0, 0.1) is 29.1 Å². The number of carbonyl (C=O) groups is 2. The first kappa shape index (κ1) is 34.3. The van der Waals surface area contributed by atoms with Crippen LogP contribution in [0.1, 0.15) is 89.7 Å². The summed E-state index contributed by atoms with van der Waals surface area (Å²) in [4.78, 5) is 28.7. The largest absolute Gasteiger partial charge is 0.456 e. The molecule has 0 bridgehead atoms. The van der Waals surface area contributed by atoms with E-state index < -0.39 is 41.1 Å². The SMILES string of the molecule is CC(C)(C)OC(=O)N1CCN(Cc2ccc([C@H]3C[C@@]4(C)C(CC[C@@]4(O)C(F)(F)C(F)(F)F)C4CCC5=CC(=O)CC[C@@H]5C43)cc2)CC1. The Morgan fingerprint density at radius 2 is 1.62 bits per heavy atom. The molecule has 1 aliphatic heterocycles. The van der Waals surface area contributed by atoms with E-state index in [1.165, 1.54) is 6.92 Å². The number of aliphatic hydroxyl groups is 1. The molecular weight excluding hydrogens is 619 g/mol. The van der Waals surface area contributed by atoms with Gasteiger partial charge in [0, 0.05) is 44.6 Å². The van der Waals surface area contributed by atoms with Gasteiger partial charge >= 0.3 is 18.2 Å². The molecule has 47 heavy (non-hydrogen) atoms. The van der Waals surface area contributed by atoms with Gasteiger partial charge in [-0.3, -0.25) is 9.69 Å². The number of fused-ring (bicyclic) bond motifs is 5. The van der Waals surface area contributed by atoms with E-state index in [1.54, 1.807) is 11.0 Å². The van der Waals surface area contributed by atoms with E-state index in [1.807, 2.05) is 45.0 Å². The number of piperazine rings is 1. The van der Waals surface area contributed by atoms with E-state index in [-0.39, 0.29) is 48.4 Å². The Hall–Kier alpha value is -2.53. The number of hydrogen-bond acceptors (Lipinski definition) is 5. The van der Waals surface area contributed by atoms with Gasteiger partial charge in [-0.25, -0.2) is 4.79 Å². The normalized spacial score (nSPS) is 35.1. The lowest BCUT2D eigenvalue weighted by Gasteiger charge is -2.59. The first-order valence-corrected chi connectivity index (χ1v) is 17.0. The highest BCUT2D eigenvalue weighted by atomic mass is 19.4. The molecule has 1 aromatic rings. The number of hydrogen-bond donors (Lipinski definition) is 1. The highest BCUT2D eigenvalue weighted by molar-refractivity contribution is 5.91. The molecule has 1 amide bonds. The van der Waals surface area contributed by atoms with Crippen molar-refractivity contribution in [3.05, 3.63) is 47.0 Å². The van der Waals surface area contributed by atoms with Gasteiger partial charge in [0.15, 0.2) is 5.78 Å². The minimum absolute atomic E-state index is 0.00480. The van der Waals surface area contributed by atoms with Gasteiger partial charge in [0.05, 0.1) is 0 Å². The molecule has 6 nitrogen and oxygen atoms in total. The zero-order valence-electron chi connectivity index (χ0n) is 27.7. The van der Waals surface area contributed by atoms with Crippen LogP contribution in [0.4, 0.5) is 26.7 Å². The third-order valence-corrected chi connectivity index (χ3v) is 12.2. The summed E-state index contributed by atoms with van der Waals surface area (Å²) in [6.45, 7) is 10.1. The van der Waals surface area contributed by atoms with Crippen molar-refractivity contribution in [2.45, 2.75) is 108 Å². The summed E-state index contributed by atoms with van der Waals surface area (Å²) in [6.07, 6.45) is -2.60. The smallest absolute Gasteiger partial charge is 0.444 e. The average molecular weight is 667 g/mol. The zero-order chi connectivity index (χ0) is 34.2. The van der Waals surface area contributed by atoms with Gasteiger partial charge in [-0.15, -0.1) is 0 Å². The Labute approximate surface area is 273 Å². The molecule has 4 fully saturated rings. The molecule has 6 rings (SSSR count). The second-order valence-corrected chi connectivity index (χ2v) is 15.9. The highest BCUT2D eigenvalue weighted by Gasteiger charge is 2.79. The number of benzene rings is 1. The maximum Gasteiger partial charge on any atom is 0.456 e. The molecule has 4 aliphatic carbocycles. The number of ether oxygens (including phenoxy) is 1. The molecule has 1 heterocycles. The van der Waals surface area contributed by atoms with Crippen molar-refractivity contribution < 1.29 is 41.4 Å². The summed E-state index contributed by atoms with van der Waals surface area (Å²) < 4.78 is 77.6. The molecule has 1 aromatic carbocycles. The van der Waals surface area contributed by atoms with E-state index in [0.29, 0.717) is 58.4 Å². The molecule has 7 atom stereocenters. The van der Waals surface area contributed by atoms with Crippen LogP contribution in [0.25, 0.3) is 0 Å². The maximum absolute atomic E-state index is 15.3. The number of rotatable bonds is 4. The Kier molecular flexibility index (Phi) is 8.63. The van der Waals surface area contributed by atoms with Crippen LogP contribution >= 0.6 is 0 Å². The Morgan fingerprint density at radius 3 is 2.23 bits per heavy atom. The van der Waals surface area contributed by atoms with Gasteiger partial charge in [0.25, 0.3) is 0 Å². The fraction of sp³-hybridized carbons (Fsp3) is 0.722. The van der Waals surface area contributed by atoms with Gasteiger partial charge < -0.3 is 14.7 Å². The minimum Gasteiger partial charge on any atom is -0.444 e. The van der Waals surface area contributed by atoms with Gasteiger partial charge in [-0.2, -0.15) is 22.0 Å². The first-order valence-electron chi connectivity index (χ1n) is 17.0. The summed E-state index contributed by atoms with van der Waals surface area (Å²) in [6, 6.07) is 7.93. The van der Waals surface area contributed by atoms with Crippen LogP contribution in [0.3, 0.4) is 0 Å². The lowest BCUT2D eigenvalue weighted by atomic mass is 9.46. The molecule has 1 saturated heterocycles. The minimum atomic E-state index is -5.86. The van der Waals surface area contributed by atoms with E-state index in [9.17, 15) is 27.9 Å². The fourth-order valence-electron chi connectivity index (χ4n) is 9.95. The quantitative estimate of drug-likeness (QED) is 0.337.